The number of methoxy groups -OCH3 is 1. The van der Waals surface area contributed by atoms with Crippen LogP contribution in [-0.2, 0) is 14.2 Å². The second kappa shape index (κ2) is 12.3. The summed E-state index contributed by atoms with van der Waals surface area (Å²) in [6, 6.07) is 0. The van der Waals surface area contributed by atoms with Gasteiger partial charge in [-0.25, -0.2) is 4.39 Å². The van der Waals surface area contributed by atoms with Crippen LogP contribution in [0.15, 0.2) is 92.5 Å². The van der Waals surface area contributed by atoms with Gasteiger partial charge in [-0.05, 0) is 52.8 Å². The lowest BCUT2D eigenvalue weighted by atomic mass is 9.97. The third kappa shape index (κ3) is 6.63. The number of halogens is 2. The van der Waals surface area contributed by atoms with Gasteiger partial charge in [0.05, 0.1) is 19.3 Å². The highest BCUT2D eigenvalue weighted by Gasteiger charge is 2.42. The van der Waals surface area contributed by atoms with Crippen LogP contribution in [0.25, 0.3) is 0 Å². The van der Waals surface area contributed by atoms with E-state index in [1.165, 1.54) is 24.9 Å². The summed E-state index contributed by atoms with van der Waals surface area (Å²) in [7, 11) is 3.29. The fraction of sp³-hybridized carbons (Fsp3) is 0.385. The van der Waals surface area contributed by atoms with E-state index in [1.807, 2.05) is 22.2 Å². The molecule has 2 N–H and O–H groups in total. The molecule has 0 aromatic rings. The van der Waals surface area contributed by atoms with Gasteiger partial charge >= 0.3 is 5.78 Å². The van der Waals surface area contributed by atoms with Crippen molar-refractivity contribution in [2.75, 3.05) is 13.7 Å². The van der Waals surface area contributed by atoms with Crippen LogP contribution in [0.1, 0.15) is 33.1 Å². The molecule has 3 aliphatic rings. The molecular formula is C26H31F2O5PS. The molecular weight excluding hydrogens is 493 g/mol. The number of hydrogen-bond donors (Lipinski definition) is 2. The zero-order chi connectivity index (χ0) is 25.6. The summed E-state index contributed by atoms with van der Waals surface area (Å²) >= 11 is 1.23. The molecule has 0 aromatic carbocycles. The molecule has 190 valence electrons. The number of unbranched alkanes of at least 4 members (excludes halogenated alkanes) is 1. The van der Waals surface area contributed by atoms with Gasteiger partial charge in [0.2, 0.25) is 0 Å². The average Bonchev–Trinajstić information content (AvgIpc) is 2.95. The standard InChI is InChI=1S/C26H31F2O5PS/c1-4-6-10-17(15-29)35-22(5-2)25(30)18-11-8-13-20(31-3)23(24(18)27)16-9-7-12-19-21(14-16)33-26(28,34)32-19/h5,7,9-14,19,25,29-30H,4,6,8,15,34H2,1-3H3/b17-10+,22-5-/t19?,25-,26?/m1/s1. The minimum absolute atomic E-state index is 0.0789. The predicted octanol–water partition coefficient (Wildman–Crippen LogP) is 6.00. The van der Waals surface area contributed by atoms with Crippen LogP contribution in [0.5, 0.6) is 0 Å². The van der Waals surface area contributed by atoms with Crippen LogP contribution < -0.4 is 0 Å². The predicted molar refractivity (Wildman–Crippen MR) is 138 cm³/mol. The Morgan fingerprint density at radius 2 is 2.20 bits per heavy atom. The van der Waals surface area contributed by atoms with E-state index in [0.717, 1.165) is 12.8 Å². The minimum atomic E-state index is -2.37. The highest BCUT2D eigenvalue weighted by Crippen LogP contribution is 2.43. The molecule has 5 nitrogen and oxygen atoms in total. The first-order valence-electron chi connectivity index (χ1n) is 11.4. The zero-order valence-electron chi connectivity index (χ0n) is 20.0. The van der Waals surface area contributed by atoms with Gasteiger partial charge in [0.25, 0.3) is 0 Å². The lowest BCUT2D eigenvalue weighted by Gasteiger charge is -2.20. The molecule has 3 unspecified atom stereocenters. The highest BCUT2D eigenvalue weighted by atomic mass is 32.2. The van der Waals surface area contributed by atoms with E-state index >= 15 is 4.39 Å². The first-order chi connectivity index (χ1) is 16.7. The van der Waals surface area contributed by atoms with Crippen LogP contribution in [0.2, 0.25) is 0 Å². The molecule has 35 heavy (non-hydrogen) atoms. The smallest absolute Gasteiger partial charge is 0.375 e. The van der Waals surface area contributed by atoms with Crippen molar-refractivity contribution in [3.8, 4) is 0 Å². The van der Waals surface area contributed by atoms with Crippen molar-refractivity contribution >= 4 is 21.0 Å². The molecule has 0 bridgehead atoms. The van der Waals surface area contributed by atoms with Gasteiger partial charge in [-0.15, -0.1) is 0 Å². The largest absolute Gasteiger partial charge is 0.496 e. The summed E-state index contributed by atoms with van der Waals surface area (Å²) in [5.74, 6) is -2.57. The Kier molecular flexibility index (Phi) is 9.73. The molecule has 0 spiro atoms. The number of aliphatic hydroxyl groups is 2. The Balaban J connectivity index is 2.00. The lowest BCUT2D eigenvalue weighted by Crippen LogP contribution is -2.15. The van der Waals surface area contributed by atoms with Crippen molar-refractivity contribution in [2.45, 2.75) is 51.1 Å². The van der Waals surface area contributed by atoms with Crippen molar-refractivity contribution in [1.29, 1.82) is 0 Å². The summed E-state index contributed by atoms with van der Waals surface area (Å²) in [4.78, 5) is 1.18. The summed E-state index contributed by atoms with van der Waals surface area (Å²) in [6.45, 7) is 3.62. The number of alkyl halides is 1. The van der Waals surface area contributed by atoms with Crippen molar-refractivity contribution in [2.24, 2.45) is 0 Å². The van der Waals surface area contributed by atoms with E-state index in [4.69, 9.17) is 14.2 Å². The second-order valence-electron chi connectivity index (χ2n) is 7.95. The molecule has 3 rings (SSSR count). The van der Waals surface area contributed by atoms with Gasteiger partial charge in [-0.1, -0.05) is 55.5 Å². The Labute approximate surface area is 211 Å². The van der Waals surface area contributed by atoms with Crippen LogP contribution in [-0.4, -0.2) is 41.9 Å². The average molecular weight is 525 g/mol. The number of rotatable bonds is 9. The van der Waals surface area contributed by atoms with Crippen LogP contribution in [0, 0.1) is 0 Å². The topological polar surface area (TPSA) is 68.2 Å². The maximum Gasteiger partial charge on any atom is 0.375 e. The molecule has 1 saturated heterocycles. The fourth-order valence-corrected chi connectivity index (χ4v) is 4.99. The van der Waals surface area contributed by atoms with E-state index < -0.39 is 23.8 Å². The maximum atomic E-state index is 16.2. The van der Waals surface area contributed by atoms with Crippen molar-refractivity contribution < 1.29 is 33.2 Å². The van der Waals surface area contributed by atoms with E-state index in [1.54, 1.807) is 43.4 Å². The number of hydrogen-bond acceptors (Lipinski definition) is 6. The SMILES string of the molecule is C/C=C(\S/C(=C/CCC)CO)[C@H](O)C1=CCC=C(OC)C(C2=CC=CC3OC(F)(P)OC3=C2)=C1F. The van der Waals surface area contributed by atoms with Gasteiger partial charge in [0.1, 0.15) is 29.6 Å². The number of allylic oxidation sites excluding steroid dienone is 8. The van der Waals surface area contributed by atoms with Crippen molar-refractivity contribution in [3.63, 3.8) is 0 Å². The number of fused-ring (bicyclic) bond motifs is 1. The van der Waals surface area contributed by atoms with E-state index in [9.17, 15) is 14.6 Å². The van der Waals surface area contributed by atoms with Crippen LogP contribution in [0.3, 0.4) is 0 Å². The quantitative estimate of drug-likeness (QED) is 0.361. The fourth-order valence-electron chi connectivity index (χ4n) is 3.78. The van der Waals surface area contributed by atoms with Gasteiger partial charge in [0.15, 0.2) is 0 Å². The van der Waals surface area contributed by atoms with E-state index in [-0.39, 0.29) is 29.3 Å². The zero-order valence-corrected chi connectivity index (χ0v) is 21.9. The Bertz CT molecular complexity index is 1070. The Morgan fingerprint density at radius 3 is 2.86 bits per heavy atom. The molecule has 1 heterocycles. The van der Waals surface area contributed by atoms with E-state index in [2.05, 4.69) is 0 Å². The summed E-state index contributed by atoms with van der Waals surface area (Å²) in [6.07, 6.45) is 13.4. The van der Waals surface area contributed by atoms with Gasteiger partial charge < -0.3 is 19.7 Å². The molecule has 0 amide bonds. The molecule has 1 aliphatic heterocycles. The second-order valence-corrected chi connectivity index (χ2v) is 9.84. The molecule has 4 atom stereocenters. The maximum absolute atomic E-state index is 16.2. The molecule has 1 fully saturated rings. The van der Waals surface area contributed by atoms with Gasteiger partial charge in [-0.2, -0.15) is 4.39 Å². The van der Waals surface area contributed by atoms with E-state index in [0.29, 0.717) is 21.8 Å². The summed E-state index contributed by atoms with van der Waals surface area (Å²) in [5.41, 5.74) is 0.570. The first-order valence-corrected chi connectivity index (χ1v) is 12.8. The van der Waals surface area contributed by atoms with Crippen molar-refractivity contribution in [3.05, 3.63) is 92.5 Å². The molecule has 0 radical (unpaired) electrons. The molecule has 2 aliphatic carbocycles. The number of thioether (sulfide) groups is 1. The summed E-state index contributed by atoms with van der Waals surface area (Å²) < 4.78 is 46.3. The summed E-state index contributed by atoms with van der Waals surface area (Å²) in [5, 5.41) is 20.9. The third-order valence-corrected chi connectivity index (χ3v) is 6.97. The van der Waals surface area contributed by atoms with Crippen LogP contribution in [0.4, 0.5) is 8.78 Å². The van der Waals surface area contributed by atoms with Crippen molar-refractivity contribution in [1.82, 2.24) is 0 Å². The normalized spacial score (nSPS) is 26.1. The Morgan fingerprint density at radius 1 is 1.43 bits per heavy atom. The highest BCUT2D eigenvalue weighted by molar-refractivity contribution is 8.06. The first kappa shape index (κ1) is 27.6. The molecule has 0 aromatic heterocycles. The molecule has 9 heteroatoms. The number of ether oxygens (including phenoxy) is 3. The number of aliphatic hydroxyl groups excluding tert-OH is 2. The third-order valence-electron chi connectivity index (χ3n) is 5.47. The Hall–Kier alpha value is -1.96. The van der Waals surface area contributed by atoms with Crippen LogP contribution >= 0.6 is 21.0 Å². The monoisotopic (exact) mass is 524 g/mol. The van der Waals surface area contributed by atoms with Gasteiger partial charge in [-0.3, -0.25) is 4.74 Å². The van der Waals surface area contributed by atoms with Gasteiger partial charge in [0, 0.05) is 15.4 Å². The minimum Gasteiger partial charge on any atom is -0.496 e. The lowest BCUT2D eigenvalue weighted by molar-refractivity contribution is -0.175. The molecule has 0 saturated carbocycles.